The number of hydrogen-bond acceptors (Lipinski definition) is 5. The number of hydrogen-bond donors (Lipinski definition) is 2. The number of piperidine rings is 1. The van der Waals surface area contributed by atoms with E-state index in [-0.39, 0.29) is 24.7 Å². The van der Waals surface area contributed by atoms with Gasteiger partial charge in [0.05, 0.1) is 36.5 Å². The zero-order valence-corrected chi connectivity index (χ0v) is 21.5. The lowest BCUT2D eigenvalue weighted by Crippen LogP contribution is -2.60. The van der Waals surface area contributed by atoms with E-state index in [1.54, 1.807) is 28.2 Å². The number of fused-ring (bicyclic) bond motifs is 1. The van der Waals surface area contributed by atoms with Crippen LogP contribution in [0.25, 0.3) is 5.52 Å². The third-order valence-electron chi connectivity index (χ3n) is 6.72. The van der Waals surface area contributed by atoms with Crippen molar-refractivity contribution in [3.63, 3.8) is 0 Å². The van der Waals surface area contributed by atoms with Gasteiger partial charge in [-0.3, -0.25) is 23.8 Å². The Balaban J connectivity index is 1.63. The van der Waals surface area contributed by atoms with Crippen LogP contribution in [0.15, 0.2) is 49.2 Å². The van der Waals surface area contributed by atoms with Gasteiger partial charge in [-0.1, -0.05) is 32.9 Å². The number of likely N-dealkylation sites (tertiary alicyclic amines) is 1. The summed E-state index contributed by atoms with van der Waals surface area (Å²) in [4.78, 5) is 48.1. The van der Waals surface area contributed by atoms with Crippen LogP contribution in [0.3, 0.4) is 0 Å². The van der Waals surface area contributed by atoms with Crippen molar-refractivity contribution in [2.75, 3.05) is 13.1 Å². The Kier molecular flexibility index (Phi) is 7.62. The van der Waals surface area contributed by atoms with Gasteiger partial charge in [0.25, 0.3) is 5.91 Å². The average molecular weight is 549 g/mol. The highest BCUT2D eigenvalue weighted by Crippen LogP contribution is 2.31. The second-order valence-corrected chi connectivity index (χ2v) is 10.6. The first-order chi connectivity index (χ1) is 18.3. The van der Waals surface area contributed by atoms with Crippen molar-refractivity contribution < 1.29 is 31.9 Å². The molecule has 3 amide bonds. The lowest BCUT2D eigenvalue weighted by molar-refractivity contribution is -0.175. The predicted molar refractivity (Wildman–Crippen MR) is 132 cm³/mol. The van der Waals surface area contributed by atoms with Gasteiger partial charge in [-0.25, -0.2) is 9.37 Å². The largest absolute Gasteiger partial charge is 0.471 e. The molecule has 39 heavy (non-hydrogen) atoms. The average Bonchev–Trinajstić information content (AvgIpc) is 3.34. The molecule has 9 nitrogen and oxygen atoms in total. The van der Waals surface area contributed by atoms with Gasteiger partial charge in [0, 0.05) is 19.0 Å². The lowest BCUT2D eigenvalue weighted by atomic mass is 9.83. The maximum Gasteiger partial charge on any atom is 0.471 e. The third-order valence-corrected chi connectivity index (χ3v) is 6.72. The summed E-state index contributed by atoms with van der Waals surface area (Å²) < 4.78 is 54.6. The molecule has 0 saturated carbocycles. The molecular weight excluding hydrogens is 520 g/mol. The van der Waals surface area contributed by atoms with Gasteiger partial charge in [-0.2, -0.15) is 13.2 Å². The van der Waals surface area contributed by atoms with Crippen LogP contribution < -0.4 is 10.6 Å². The van der Waals surface area contributed by atoms with Crippen molar-refractivity contribution in [3.8, 4) is 0 Å². The third kappa shape index (κ3) is 6.18. The fourth-order valence-electron chi connectivity index (χ4n) is 4.74. The minimum absolute atomic E-state index is 0.0130. The number of amides is 3. The summed E-state index contributed by atoms with van der Waals surface area (Å²) in [6, 6.07) is 3.48. The number of nitrogens with one attached hydrogen (secondary N) is 2. The summed E-state index contributed by atoms with van der Waals surface area (Å²) in [7, 11) is 0. The van der Waals surface area contributed by atoms with E-state index in [1.807, 2.05) is 0 Å². The number of alkyl halides is 3. The van der Waals surface area contributed by atoms with Crippen LogP contribution in [0.1, 0.15) is 49.2 Å². The number of rotatable bonds is 5. The Hall–Kier alpha value is -4.03. The quantitative estimate of drug-likeness (QED) is 0.477. The monoisotopic (exact) mass is 548 g/mol. The second-order valence-electron chi connectivity index (χ2n) is 10.6. The second kappa shape index (κ2) is 10.6. The van der Waals surface area contributed by atoms with Gasteiger partial charge >= 0.3 is 12.1 Å². The minimum Gasteiger partial charge on any atom is -0.349 e. The van der Waals surface area contributed by atoms with E-state index in [0.717, 1.165) is 0 Å². The smallest absolute Gasteiger partial charge is 0.349 e. The molecule has 2 unspecified atom stereocenters. The molecule has 4 rings (SSSR count). The van der Waals surface area contributed by atoms with Crippen LogP contribution in [0.5, 0.6) is 0 Å². The SMILES string of the molecule is CC(C)(C)[C@H](NC(=O)C(F)(F)F)C(=O)NC1CN(C(=O)c2cncc3cncn23)CCC1c1cccc(F)c1. The number of benzene rings is 1. The molecule has 3 heterocycles. The molecule has 0 radical (unpaired) electrons. The van der Waals surface area contributed by atoms with Crippen molar-refractivity contribution in [1.82, 2.24) is 29.9 Å². The summed E-state index contributed by atoms with van der Waals surface area (Å²) in [5, 5.41) is 4.54. The van der Waals surface area contributed by atoms with Crippen molar-refractivity contribution in [2.24, 2.45) is 5.41 Å². The Morgan fingerprint density at radius 3 is 2.46 bits per heavy atom. The summed E-state index contributed by atoms with van der Waals surface area (Å²) in [6.07, 6.45) is 1.12. The van der Waals surface area contributed by atoms with Crippen molar-refractivity contribution in [3.05, 3.63) is 66.3 Å². The van der Waals surface area contributed by atoms with Crippen LogP contribution in [-0.4, -0.2) is 68.3 Å². The number of nitrogens with zero attached hydrogens (tertiary/aromatic N) is 4. The van der Waals surface area contributed by atoms with Crippen LogP contribution in [0.2, 0.25) is 0 Å². The molecule has 13 heteroatoms. The van der Waals surface area contributed by atoms with Crippen molar-refractivity contribution in [2.45, 2.75) is 51.4 Å². The molecule has 208 valence electrons. The molecular formula is C26H28F4N6O3. The van der Waals surface area contributed by atoms with Gasteiger partial charge in [0.15, 0.2) is 0 Å². The highest BCUT2D eigenvalue weighted by Gasteiger charge is 2.44. The van der Waals surface area contributed by atoms with Crippen LogP contribution in [0, 0.1) is 11.2 Å². The van der Waals surface area contributed by atoms with Gasteiger partial charge < -0.3 is 15.5 Å². The van der Waals surface area contributed by atoms with Crippen LogP contribution >= 0.6 is 0 Å². The summed E-state index contributed by atoms with van der Waals surface area (Å²) in [6.45, 7) is 4.82. The molecule has 2 aromatic heterocycles. The molecule has 1 aromatic carbocycles. The molecule has 0 spiro atoms. The zero-order valence-electron chi connectivity index (χ0n) is 21.5. The number of imidazole rings is 1. The minimum atomic E-state index is -5.18. The van der Waals surface area contributed by atoms with Gasteiger partial charge in [0.2, 0.25) is 5.91 Å². The van der Waals surface area contributed by atoms with E-state index in [4.69, 9.17) is 0 Å². The van der Waals surface area contributed by atoms with E-state index in [1.165, 1.54) is 56.4 Å². The molecule has 3 aromatic rings. The molecule has 0 bridgehead atoms. The van der Waals surface area contributed by atoms with E-state index < -0.39 is 47.2 Å². The maximum atomic E-state index is 14.1. The van der Waals surface area contributed by atoms with E-state index in [0.29, 0.717) is 17.5 Å². The summed E-state index contributed by atoms with van der Waals surface area (Å²) in [5.74, 6) is -4.41. The normalized spacial score (nSPS) is 19.0. The van der Waals surface area contributed by atoms with Crippen LogP contribution in [-0.2, 0) is 9.59 Å². The first-order valence-corrected chi connectivity index (χ1v) is 12.2. The van der Waals surface area contributed by atoms with Crippen LogP contribution in [0.4, 0.5) is 17.6 Å². The Labute approximate surface area is 221 Å². The fraction of sp³-hybridized carbons (Fsp3) is 0.423. The number of halogens is 4. The molecule has 1 saturated heterocycles. The van der Waals surface area contributed by atoms with Gasteiger partial charge in [-0.05, 0) is 29.5 Å². The standard InChI is InChI=1S/C26H28F4N6O3/c1-25(2,3)21(34-24(39)26(28,29)30)22(37)33-19-13-35(8-7-18(19)15-5-4-6-16(27)9-15)23(38)20-12-31-10-17-11-32-14-36(17)20/h4-6,9-12,14,18-19,21H,7-8,13H2,1-3H3,(H,33,37)(H,34,39)/t18?,19?,21-/m1/s1. The molecule has 2 N–H and O–H groups in total. The maximum absolute atomic E-state index is 14.1. The van der Waals surface area contributed by atoms with Gasteiger partial charge in [0.1, 0.15) is 17.6 Å². The zero-order chi connectivity index (χ0) is 28.5. The van der Waals surface area contributed by atoms with E-state index in [9.17, 15) is 31.9 Å². The van der Waals surface area contributed by atoms with Crippen molar-refractivity contribution >= 4 is 23.2 Å². The highest BCUT2D eigenvalue weighted by atomic mass is 19.4. The highest BCUT2D eigenvalue weighted by molar-refractivity contribution is 5.93. The molecule has 1 aliphatic heterocycles. The molecule has 1 fully saturated rings. The molecule has 1 aliphatic rings. The Morgan fingerprint density at radius 2 is 1.79 bits per heavy atom. The molecule has 0 aliphatic carbocycles. The number of aromatic nitrogens is 3. The summed E-state index contributed by atoms with van der Waals surface area (Å²) >= 11 is 0. The van der Waals surface area contributed by atoms with E-state index in [2.05, 4.69) is 15.3 Å². The first kappa shape index (κ1) is 28.0. The molecule has 3 atom stereocenters. The Bertz CT molecular complexity index is 1380. The fourth-order valence-corrected chi connectivity index (χ4v) is 4.74. The first-order valence-electron chi connectivity index (χ1n) is 12.2. The lowest BCUT2D eigenvalue weighted by Gasteiger charge is -2.40. The van der Waals surface area contributed by atoms with Gasteiger partial charge in [-0.15, -0.1) is 0 Å². The number of carbonyl (C=O) groups excluding carboxylic acids is 3. The summed E-state index contributed by atoms with van der Waals surface area (Å²) in [5.41, 5.74) is 0.335. The topological polar surface area (TPSA) is 109 Å². The predicted octanol–water partition coefficient (Wildman–Crippen LogP) is 3.08. The van der Waals surface area contributed by atoms with Crippen molar-refractivity contribution in [1.29, 1.82) is 0 Å². The number of carbonyl (C=O) groups is 3. The Morgan fingerprint density at radius 1 is 1.08 bits per heavy atom. The van der Waals surface area contributed by atoms with E-state index >= 15 is 0 Å².